The Hall–Kier alpha value is -1.56. The van der Waals surface area contributed by atoms with Crippen molar-refractivity contribution in [2.24, 2.45) is 11.7 Å². The van der Waals surface area contributed by atoms with E-state index < -0.39 is 35.1 Å². The Morgan fingerprint density at radius 2 is 1.83 bits per heavy atom. The maximum atomic E-state index is 13.3. The van der Waals surface area contributed by atoms with Crippen molar-refractivity contribution in [2.45, 2.75) is 26.3 Å². The van der Waals surface area contributed by atoms with Gasteiger partial charge >= 0.3 is 0 Å². The van der Waals surface area contributed by atoms with Gasteiger partial charge in [0.25, 0.3) is 0 Å². The highest BCUT2D eigenvalue weighted by atomic mass is 19.1. The van der Waals surface area contributed by atoms with Crippen LogP contribution >= 0.6 is 0 Å². The summed E-state index contributed by atoms with van der Waals surface area (Å²) in [5, 5.41) is 2.04. The molecule has 0 aliphatic heterocycles. The average molecular weight is 260 g/mol. The van der Waals surface area contributed by atoms with Crippen LogP contribution < -0.4 is 11.1 Å². The summed E-state index contributed by atoms with van der Waals surface area (Å²) in [7, 11) is 0. The third kappa shape index (κ3) is 3.22. The number of nitrogens with two attached hydrogens (primary N) is 1. The number of benzene rings is 1. The second-order valence-electron chi connectivity index (χ2n) is 4.15. The zero-order valence-electron chi connectivity index (χ0n) is 10.1. The van der Waals surface area contributed by atoms with Crippen molar-refractivity contribution in [3.8, 4) is 0 Å². The second kappa shape index (κ2) is 5.86. The molecule has 0 aromatic heterocycles. The fourth-order valence-electron chi connectivity index (χ4n) is 1.38. The molecule has 0 unspecified atom stereocenters. The fourth-order valence-corrected chi connectivity index (χ4v) is 1.38. The highest BCUT2D eigenvalue weighted by Gasteiger charge is 2.22. The molecule has 1 amide bonds. The van der Waals surface area contributed by atoms with Crippen molar-refractivity contribution in [1.82, 2.24) is 0 Å². The van der Waals surface area contributed by atoms with Crippen LogP contribution in [0.3, 0.4) is 0 Å². The largest absolute Gasteiger partial charge is 0.320 e. The number of hydrogen-bond acceptors (Lipinski definition) is 2. The number of hydrogen-bond donors (Lipinski definition) is 2. The van der Waals surface area contributed by atoms with Gasteiger partial charge in [-0.25, -0.2) is 13.2 Å². The van der Waals surface area contributed by atoms with E-state index >= 15 is 0 Å². The molecule has 100 valence electrons. The van der Waals surface area contributed by atoms with Crippen LogP contribution in [0.25, 0.3) is 0 Å². The molecule has 0 bridgehead atoms. The number of anilines is 1. The van der Waals surface area contributed by atoms with Crippen LogP contribution in [-0.2, 0) is 4.79 Å². The minimum absolute atomic E-state index is 0.128. The van der Waals surface area contributed by atoms with Gasteiger partial charge in [-0.15, -0.1) is 0 Å². The van der Waals surface area contributed by atoms with Crippen LogP contribution in [0.5, 0.6) is 0 Å². The molecular weight excluding hydrogens is 245 g/mol. The third-order valence-electron chi connectivity index (χ3n) is 2.81. The van der Waals surface area contributed by atoms with E-state index in [-0.39, 0.29) is 5.92 Å². The first-order valence-corrected chi connectivity index (χ1v) is 5.57. The van der Waals surface area contributed by atoms with Gasteiger partial charge in [-0.05, 0) is 5.92 Å². The lowest BCUT2D eigenvalue weighted by Crippen LogP contribution is -2.41. The maximum Gasteiger partial charge on any atom is 0.241 e. The van der Waals surface area contributed by atoms with Gasteiger partial charge in [0.1, 0.15) is 11.5 Å². The topological polar surface area (TPSA) is 55.1 Å². The molecule has 18 heavy (non-hydrogen) atoms. The molecule has 0 heterocycles. The predicted octanol–water partition coefficient (Wildman–Crippen LogP) is 2.42. The standard InChI is InChI=1S/C12H15F3N2O/c1-3-6(2)10(16)12(18)17-11-8(14)4-7(13)5-9(11)15/h4-6,10H,3,16H2,1-2H3,(H,17,18)/t6-,10-/m0/s1. The Bertz CT molecular complexity index is 428. The molecule has 0 spiro atoms. The number of carbonyl (C=O) groups is 1. The fraction of sp³-hybridized carbons (Fsp3) is 0.417. The first-order chi connectivity index (χ1) is 8.36. The summed E-state index contributed by atoms with van der Waals surface area (Å²) in [6.07, 6.45) is 0.656. The van der Waals surface area contributed by atoms with Crippen molar-refractivity contribution in [3.05, 3.63) is 29.6 Å². The van der Waals surface area contributed by atoms with Crippen molar-refractivity contribution < 1.29 is 18.0 Å². The van der Waals surface area contributed by atoms with E-state index in [1.54, 1.807) is 6.92 Å². The Morgan fingerprint density at radius 1 is 1.33 bits per heavy atom. The monoisotopic (exact) mass is 260 g/mol. The van der Waals surface area contributed by atoms with Gasteiger partial charge in [0, 0.05) is 12.1 Å². The van der Waals surface area contributed by atoms with E-state index in [0.29, 0.717) is 18.6 Å². The maximum absolute atomic E-state index is 13.3. The highest BCUT2D eigenvalue weighted by Crippen LogP contribution is 2.20. The van der Waals surface area contributed by atoms with Crippen LogP contribution in [0.1, 0.15) is 20.3 Å². The predicted molar refractivity (Wildman–Crippen MR) is 62.4 cm³/mol. The van der Waals surface area contributed by atoms with Gasteiger partial charge in [0.05, 0.1) is 6.04 Å². The van der Waals surface area contributed by atoms with Crippen LogP contribution in [0.15, 0.2) is 12.1 Å². The first-order valence-electron chi connectivity index (χ1n) is 5.57. The van der Waals surface area contributed by atoms with Crippen LogP contribution in [0.2, 0.25) is 0 Å². The third-order valence-corrected chi connectivity index (χ3v) is 2.81. The Morgan fingerprint density at radius 3 is 2.28 bits per heavy atom. The summed E-state index contributed by atoms with van der Waals surface area (Å²) in [6, 6.07) is 0.111. The molecule has 0 radical (unpaired) electrons. The van der Waals surface area contributed by atoms with E-state index in [9.17, 15) is 18.0 Å². The number of halogens is 3. The molecule has 3 N–H and O–H groups in total. The zero-order chi connectivity index (χ0) is 13.9. The molecule has 1 rings (SSSR count). The molecule has 0 aliphatic carbocycles. The molecule has 0 saturated heterocycles. The molecule has 1 aromatic carbocycles. The van der Waals surface area contributed by atoms with Crippen LogP contribution in [-0.4, -0.2) is 11.9 Å². The average Bonchev–Trinajstić information content (AvgIpc) is 2.31. The van der Waals surface area contributed by atoms with E-state index in [0.717, 1.165) is 0 Å². The van der Waals surface area contributed by atoms with E-state index in [1.165, 1.54) is 0 Å². The highest BCUT2D eigenvalue weighted by molar-refractivity contribution is 5.95. The van der Waals surface area contributed by atoms with Crippen molar-refractivity contribution in [1.29, 1.82) is 0 Å². The number of nitrogens with one attached hydrogen (secondary N) is 1. The number of amides is 1. The summed E-state index contributed by atoms with van der Waals surface area (Å²) in [5.74, 6) is -4.21. The summed E-state index contributed by atoms with van der Waals surface area (Å²) < 4.78 is 39.2. The Labute approximate surface area is 103 Å². The molecule has 2 atom stereocenters. The normalized spacial score (nSPS) is 14.1. The lowest BCUT2D eigenvalue weighted by atomic mass is 9.99. The van der Waals surface area contributed by atoms with E-state index in [1.807, 2.05) is 12.2 Å². The van der Waals surface area contributed by atoms with Crippen molar-refractivity contribution in [3.63, 3.8) is 0 Å². The molecule has 0 saturated carbocycles. The smallest absolute Gasteiger partial charge is 0.241 e. The molecule has 1 aromatic rings. The van der Waals surface area contributed by atoms with Gasteiger partial charge in [0.15, 0.2) is 11.6 Å². The minimum atomic E-state index is -1.17. The van der Waals surface area contributed by atoms with Gasteiger partial charge in [-0.3, -0.25) is 4.79 Å². The van der Waals surface area contributed by atoms with Gasteiger partial charge in [-0.2, -0.15) is 0 Å². The van der Waals surface area contributed by atoms with Crippen LogP contribution in [0, 0.1) is 23.4 Å². The molecule has 0 fully saturated rings. The van der Waals surface area contributed by atoms with Crippen molar-refractivity contribution >= 4 is 11.6 Å². The molecule has 0 aliphatic rings. The van der Waals surface area contributed by atoms with E-state index in [4.69, 9.17) is 5.73 Å². The zero-order valence-corrected chi connectivity index (χ0v) is 10.1. The summed E-state index contributed by atoms with van der Waals surface area (Å²) in [6.45, 7) is 3.60. The Kier molecular flexibility index (Phi) is 4.72. The summed E-state index contributed by atoms with van der Waals surface area (Å²) in [5.41, 5.74) is 4.94. The quantitative estimate of drug-likeness (QED) is 0.873. The second-order valence-corrected chi connectivity index (χ2v) is 4.15. The molecular formula is C12H15F3N2O. The van der Waals surface area contributed by atoms with Crippen LogP contribution in [0.4, 0.5) is 18.9 Å². The molecule has 3 nitrogen and oxygen atoms in total. The van der Waals surface area contributed by atoms with Gasteiger partial charge in [0.2, 0.25) is 5.91 Å². The minimum Gasteiger partial charge on any atom is -0.320 e. The van der Waals surface area contributed by atoms with Gasteiger partial charge in [-0.1, -0.05) is 20.3 Å². The Balaban J connectivity index is 2.89. The van der Waals surface area contributed by atoms with Gasteiger partial charge < -0.3 is 11.1 Å². The first kappa shape index (κ1) is 14.5. The summed E-state index contributed by atoms with van der Waals surface area (Å²) >= 11 is 0. The SMILES string of the molecule is CC[C@H](C)[C@H](N)C(=O)Nc1c(F)cc(F)cc1F. The molecule has 6 heteroatoms. The lowest BCUT2D eigenvalue weighted by molar-refractivity contribution is -0.118. The van der Waals surface area contributed by atoms with E-state index in [2.05, 4.69) is 0 Å². The number of rotatable bonds is 4. The lowest BCUT2D eigenvalue weighted by Gasteiger charge is -2.18. The summed E-state index contributed by atoms with van der Waals surface area (Å²) in [4.78, 5) is 11.6. The number of carbonyl (C=O) groups excluding carboxylic acids is 1. The van der Waals surface area contributed by atoms with Crippen molar-refractivity contribution in [2.75, 3.05) is 5.32 Å².